The minimum Gasteiger partial charge on any atom is -0.311 e. The van der Waals surface area contributed by atoms with Crippen LogP contribution in [0.15, 0.2) is 36.7 Å². The highest BCUT2D eigenvalue weighted by molar-refractivity contribution is 5.81. The largest absolute Gasteiger partial charge is 0.311 e. The molecular formula is C15H19N5. The molecule has 5 nitrogen and oxygen atoms in total. The van der Waals surface area contributed by atoms with Gasteiger partial charge in [0.1, 0.15) is 0 Å². The smallest absolute Gasteiger partial charge is 0.0841 e. The molecule has 1 aromatic carbocycles. The summed E-state index contributed by atoms with van der Waals surface area (Å²) in [7, 11) is 3.93. The number of para-hydroxylation sites is 1. The van der Waals surface area contributed by atoms with Crippen molar-refractivity contribution >= 4 is 10.9 Å². The van der Waals surface area contributed by atoms with E-state index in [0.29, 0.717) is 0 Å². The van der Waals surface area contributed by atoms with Crippen LogP contribution in [0.4, 0.5) is 0 Å². The van der Waals surface area contributed by atoms with Crippen LogP contribution in [0.3, 0.4) is 0 Å². The molecule has 5 heteroatoms. The predicted molar refractivity (Wildman–Crippen MR) is 79.3 cm³/mol. The topological polar surface area (TPSA) is 47.7 Å². The summed E-state index contributed by atoms with van der Waals surface area (Å²) < 4.78 is 3.77. The number of hydrogen-bond donors (Lipinski definition) is 1. The number of hydrogen-bond acceptors (Lipinski definition) is 3. The highest BCUT2D eigenvalue weighted by Crippen LogP contribution is 2.16. The second-order valence-electron chi connectivity index (χ2n) is 5.04. The Kier molecular flexibility index (Phi) is 3.52. The molecule has 104 valence electrons. The van der Waals surface area contributed by atoms with Gasteiger partial charge in [0, 0.05) is 32.2 Å². The van der Waals surface area contributed by atoms with Crippen molar-refractivity contribution in [2.45, 2.75) is 13.0 Å². The molecule has 0 aliphatic heterocycles. The van der Waals surface area contributed by atoms with E-state index in [4.69, 9.17) is 0 Å². The van der Waals surface area contributed by atoms with Crippen molar-refractivity contribution in [1.29, 1.82) is 0 Å². The van der Waals surface area contributed by atoms with Crippen LogP contribution in [-0.4, -0.2) is 26.1 Å². The Morgan fingerprint density at radius 1 is 1.20 bits per heavy atom. The number of nitrogens with zero attached hydrogens (tertiary/aromatic N) is 4. The summed E-state index contributed by atoms with van der Waals surface area (Å²) in [5.41, 5.74) is 3.54. The zero-order valence-corrected chi connectivity index (χ0v) is 11.9. The van der Waals surface area contributed by atoms with E-state index in [-0.39, 0.29) is 0 Å². The maximum Gasteiger partial charge on any atom is 0.0841 e. The third kappa shape index (κ3) is 2.58. The Labute approximate surface area is 118 Å². The van der Waals surface area contributed by atoms with Gasteiger partial charge >= 0.3 is 0 Å². The first-order chi connectivity index (χ1) is 9.74. The van der Waals surface area contributed by atoms with E-state index in [1.165, 1.54) is 16.5 Å². The second kappa shape index (κ2) is 5.46. The van der Waals surface area contributed by atoms with Gasteiger partial charge in [-0.05, 0) is 24.6 Å². The lowest BCUT2D eigenvalue weighted by atomic mass is 10.2. The third-order valence-corrected chi connectivity index (χ3v) is 3.48. The lowest BCUT2D eigenvalue weighted by molar-refractivity contribution is 0.658. The summed E-state index contributed by atoms with van der Waals surface area (Å²) in [5.74, 6) is 0. The summed E-state index contributed by atoms with van der Waals surface area (Å²) in [6, 6.07) is 8.33. The van der Waals surface area contributed by atoms with Crippen molar-refractivity contribution in [2.75, 3.05) is 6.54 Å². The maximum atomic E-state index is 4.58. The summed E-state index contributed by atoms with van der Waals surface area (Å²) in [5, 5.41) is 13.4. The highest BCUT2D eigenvalue weighted by atomic mass is 15.3. The molecule has 0 spiro atoms. The van der Waals surface area contributed by atoms with Crippen LogP contribution < -0.4 is 5.32 Å². The zero-order valence-electron chi connectivity index (χ0n) is 11.9. The molecule has 0 bridgehead atoms. The van der Waals surface area contributed by atoms with Crippen LogP contribution in [-0.2, 0) is 27.1 Å². The van der Waals surface area contributed by atoms with Gasteiger partial charge in [-0.15, -0.1) is 0 Å². The number of nitrogens with one attached hydrogen (secondary N) is 1. The molecule has 0 amide bonds. The van der Waals surface area contributed by atoms with Crippen LogP contribution in [0.1, 0.15) is 11.3 Å². The zero-order chi connectivity index (χ0) is 13.9. The van der Waals surface area contributed by atoms with Crippen LogP contribution in [0.5, 0.6) is 0 Å². The molecule has 0 saturated carbocycles. The van der Waals surface area contributed by atoms with Gasteiger partial charge in [0.05, 0.1) is 17.4 Å². The fourth-order valence-corrected chi connectivity index (χ4v) is 2.46. The predicted octanol–water partition coefficient (Wildman–Crippen LogP) is 1.64. The van der Waals surface area contributed by atoms with Crippen molar-refractivity contribution in [1.82, 2.24) is 24.9 Å². The molecular weight excluding hydrogens is 250 g/mol. The quantitative estimate of drug-likeness (QED) is 0.716. The first kappa shape index (κ1) is 12.9. The second-order valence-corrected chi connectivity index (χ2v) is 5.04. The number of rotatable bonds is 5. The molecule has 0 aliphatic carbocycles. The molecule has 0 atom stereocenters. The number of fused-ring (bicyclic) bond motifs is 1. The molecule has 0 radical (unpaired) electrons. The highest BCUT2D eigenvalue weighted by Gasteiger charge is 2.06. The van der Waals surface area contributed by atoms with Crippen LogP contribution in [0.25, 0.3) is 10.9 Å². The Morgan fingerprint density at radius 2 is 2.05 bits per heavy atom. The summed E-state index contributed by atoms with van der Waals surface area (Å²) >= 11 is 0. The van der Waals surface area contributed by atoms with Gasteiger partial charge in [0.25, 0.3) is 0 Å². The van der Waals surface area contributed by atoms with E-state index in [1.54, 1.807) is 0 Å². The lowest BCUT2D eigenvalue weighted by Crippen LogP contribution is -2.17. The average Bonchev–Trinajstić information content (AvgIpc) is 3.00. The summed E-state index contributed by atoms with van der Waals surface area (Å²) in [4.78, 5) is 0. The number of benzene rings is 1. The minimum atomic E-state index is 0.793. The van der Waals surface area contributed by atoms with Crippen LogP contribution in [0.2, 0.25) is 0 Å². The Hall–Kier alpha value is -2.14. The van der Waals surface area contributed by atoms with E-state index in [0.717, 1.165) is 25.2 Å². The van der Waals surface area contributed by atoms with Crippen molar-refractivity contribution in [3.63, 3.8) is 0 Å². The van der Waals surface area contributed by atoms with Gasteiger partial charge in [-0.25, -0.2) is 0 Å². The monoisotopic (exact) mass is 269 g/mol. The molecule has 2 aromatic heterocycles. The standard InChI is InChI=1S/C15H19N5/c1-19-11-12(9-17-19)7-8-16-10-14-13-5-3-4-6-15(13)20(2)18-14/h3-6,9,11,16H,7-8,10H2,1-2H3. The SMILES string of the molecule is Cn1cc(CCNCc2nn(C)c3ccccc23)cn1. The maximum absolute atomic E-state index is 4.58. The normalized spacial score (nSPS) is 11.3. The molecule has 3 rings (SSSR count). The fraction of sp³-hybridized carbons (Fsp3) is 0.333. The van der Waals surface area contributed by atoms with E-state index in [2.05, 4.69) is 39.9 Å². The van der Waals surface area contributed by atoms with Gasteiger partial charge in [0.15, 0.2) is 0 Å². The first-order valence-corrected chi connectivity index (χ1v) is 6.83. The van der Waals surface area contributed by atoms with Crippen LogP contribution >= 0.6 is 0 Å². The third-order valence-electron chi connectivity index (χ3n) is 3.48. The van der Waals surface area contributed by atoms with E-state index in [1.807, 2.05) is 35.7 Å². The number of aryl methyl sites for hydroxylation is 2. The van der Waals surface area contributed by atoms with E-state index >= 15 is 0 Å². The van der Waals surface area contributed by atoms with Gasteiger partial charge in [-0.1, -0.05) is 18.2 Å². The lowest BCUT2D eigenvalue weighted by Gasteiger charge is -2.01. The van der Waals surface area contributed by atoms with Crippen LogP contribution in [0, 0.1) is 0 Å². The molecule has 2 heterocycles. The summed E-state index contributed by atoms with van der Waals surface area (Å²) in [6.07, 6.45) is 4.95. The van der Waals surface area contributed by atoms with Gasteiger partial charge in [-0.3, -0.25) is 9.36 Å². The van der Waals surface area contributed by atoms with Crippen molar-refractivity contribution < 1.29 is 0 Å². The fourth-order valence-electron chi connectivity index (χ4n) is 2.46. The van der Waals surface area contributed by atoms with Crippen molar-refractivity contribution in [2.24, 2.45) is 14.1 Å². The molecule has 0 saturated heterocycles. The Bertz CT molecular complexity index is 710. The molecule has 3 aromatic rings. The average molecular weight is 269 g/mol. The van der Waals surface area contributed by atoms with E-state index < -0.39 is 0 Å². The Morgan fingerprint density at radius 3 is 2.85 bits per heavy atom. The molecule has 20 heavy (non-hydrogen) atoms. The summed E-state index contributed by atoms with van der Waals surface area (Å²) in [6.45, 7) is 1.72. The first-order valence-electron chi connectivity index (χ1n) is 6.83. The van der Waals surface area contributed by atoms with Crippen molar-refractivity contribution in [3.05, 3.63) is 47.9 Å². The van der Waals surface area contributed by atoms with Gasteiger partial charge < -0.3 is 5.32 Å². The Balaban J connectivity index is 1.60. The number of aromatic nitrogens is 4. The van der Waals surface area contributed by atoms with Gasteiger partial charge in [-0.2, -0.15) is 10.2 Å². The molecule has 0 unspecified atom stereocenters. The molecule has 0 aliphatic rings. The minimum absolute atomic E-state index is 0.793. The molecule has 1 N–H and O–H groups in total. The van der Waals surface area contributed by atoms with Gasteiger partial charge in [0.2, 0.25) is 0 Å². The van der Waals surface area contributed by atoms with Crippen molar-refractivity contribution in [3.8, 4) is 0 Å². The van der Waals surface area contributed by atoms with E-state index in [9.17, 15) is 0 Å². The molecule has 0 fully saturated rings.